The summed E-state index contributed by atoms with van der Waals surface area (Å²) in [4.78, 5) is 14.5. The molecule has 0 unspecified atom stereocenters. The van der Waals surface area contributed by atoms with Gasteiger partial charge in [0, 0.05) is 59.5 Å². The van der Waals surface area contributed by atoms with Gasteiger partial charge in [0.1, 0.15) is 5.71 Å². The van der Waals surface area contributed by atoms with Crippen LogP contribution in [-0.2, 0) is 6.54 Å². The smallest absolute Gasteiger partial charge is 0.196 e. The number of benzene rings is 5. The van der Waals surface area contributed by atoms with Gasteiger partial charge in [-0.2, -0.15) is 0 Å². The van der Waals surface area contributed by atoms with Gasteiger partial charge in [-0.15, -0.1) is 11.3 Å². The molecule has 212 valence electrons. The number of fused-ring (bicyclic) bond motifs is 9. The van der Waals surface area contributed by atoms with Crippen LogP contribution >= 0.6 is 11.3 Å². The van der Waals surface area contributed by atoms with Crippen LogP contribution in [0.1, 0.15) is 48.8 Å². The molecule has 5 aromatic carbocycles. The van der Waals surface area contributed by atoms with Crippen molar-refractivity contribution in [3.63, 3.8) is 0 Å². The molecule has 1 N–H and O–H groups in total. The van der Waals surface area contributed by atoms with Gasteiger partial charge in [-0.1, -0.05) is 91.1 Å². The van der Waals surface area contributed by atoms with Gasteiger partial charge in [-0.25, -0.2) is 0 Å². The summed E-state index contributed by atoms with van der Waals surface area (Å²) in [6.07, 6.45) is 6.34. The van der Waals surface area contributed by atoms with Crippen LogP contribution in [0.5, 0.6) is 0 Å². The van der Waals surface area contributed by atoms with Gasteiger partial charge in [0.05, 0.1) is 10.9 Å². The summed E-state index contributed by atoms with van der Waals surface area (Å²) in [6.45, 7) is 2.96. The Morgan fingerprint density at radius 3 is 2.35 bits per heavy atom. The Kier molecular flexibility index (Phi) is 6.30. The van der Waals surface area contributed by atoms with Gasteiger partial charge in [-0.05, 0) is 55.5 Å². The van der Waals surface area contributed by atoms with E-state index in [1.807, 2.05) is 49.4 Å². The first kappa shape index (κ1) is 26.2. The minimum atomic E-state index is 0.0807. The molecule has 0 atom stereocenters. The second-order valence-corrected chi connectivity index (χ2v) is 13.1. The molecule has 1 aliphatic rings. The van der Waals surface area contributed by atoms with Crippen molar-refractivity contribution in [2.75, 3.05) is 0 Å². The molecular formula is C38H32N2O2S. The fourth-order valence-corrected chi connectivity index (χ4v) is 8.63. The first-order valence-corrected chi connectivity index (χ1v) is 16.1. The summed E-state index contributed by atoms with van der Waals surface area (Å²) in [6, 6.07) is 30.9. The van der Waals surface area contributed by atoms with E-state index in [4.69, 9.17) is 0 Å². The lowest BCUT2D eigenvalue weighted by Crippen LogP contribution is -2.14. The minimum Gasteiger partial charge on any atom is -0.410 e. The molecule has 8 rings (SSSR count). The van der Waals surface area contributed by atoms with Crippen LogP contribution < -0.4 is 5.43 Å². The first-order chi connectivity index (χ1) is 21.1. The molecule has 1 fully saturated rings. The molecule has 43 heavy (non-hydrogen) atoms. The van der Waals surface area contributed by atoms with E-state index in [0.717, 1.165) is 70.6 Å². The zero-order valence-corrected chi connectivity index (χ0v) is 25.0. The number of aromatic nitrogens is 1. The van der Waals surface area contributed by atoms with Gasteiger partial charge in [0.2, 0.25) is 0 Å². The van der Waals surface area contributed by atoms with E-state index in [9.17, 15) is 10.0 Å². The highest BCUT2D eigenvalue weighted by Gasteiger charge is 2.24. The molecule has 7 aromatic rings. The van der Waals surface area contributed by atoms with Crippen LogP contribution in [0.3, 0.4) is 0 Å². The van der Waals surface area contributed by atoms with Crippen molar-refractivity contribution >= 4 is 69.8 Å². The van der Waals surface area contributed by atoms with Gasteiger partial charge < -0.3 is 9.77 Å². The summed E-state index contributed by atoms with van der Waals surface area (Å²) in [5.74, 6) is 0.606. The molecule has 1 aliphatic carbocycles. The van der Waals surface area contributed by atoms with E-state index in [1.54, 1.807) is 11.3 Å². The van der Waals surface area contributed by atoms with Crippen molar-refractivity contribution in [1.82, 2.24) is 4.57 Å². The van der Waals surface area contributed by atoms with E-state index >= 15 is 0 Å². The predicted molar refractivity (Wildman–Crippen MR) is 181 cm³/mol. The van der Waals surface area contributed by atoms with Gasteiger partial charge in [-0.3, -0.25) is 4.79 Å². The highest BCUT2D eigenvalue weighted by molar-refractivity contribution is 7.25. The van der Waals surface area contributed by atoms with Crippen LogP contribution in [0.2, 0.25) is 0 Å². The van der Waals surface area contributed by atoms with Crippen molar-refractivity contribution in [3.8, 4) is 0 Å². The van der Waals surface area contributed by atoms with Crippen LogP contribution in [0.25, 0.3) is 52.8 Å². The molecule has 4 nitrogen and oxygen atoms in total. The topological polar surface area (TPSA) is 54.6 Å². The lowest BCUT2D eigenvalue weighted by Gasteiger charge is -2.23. The molecule has 0 saturated heterocycles. The van der Waals surface area contributed by atoms with Crippen LogP contribution in [0.4, 0.5) is 0 Å². The highest BCUT2D eigenvalue weighted by Crippen LogP contribution is 2.43. The van der Waals surface area contributed by atoms with Crippen molar-refractivity contribution in [2.24, 2.45) is 11.1 Å². The monoisotopic (exact) mass is 580 g/mol. The Bertz CT molecular complexity index is 2300. The van der Waals surface area contributed by atoms with E-state index in [0.29, 0.717) is 11.6 Å². The van der Waals surface area contributed by atoms with Crippen molar-refractivity contribution in [1.29, 1.82) is 0 Å². The standard InChI is InChI=1S/C38H32N2O2S/c1-23-11-5-6-14-26(23)35(39-42)25-19-20-31-30(21-25)33-34-37(41)29-17-9-10-18-32(29)43-38(34)28-16-8-7-15-27(28)36(33)40(31)22-24-12-3-2-4-13-24/h5-11,14-21,24,42H,2-4,12-13,22H2,1H3/b39-35+. The Morgan fingerprint density at radius 2 is 1.56 bits per heavy atom. The number of oxime groups is 1. The highest BCUT2D eigenvalue weighted by atomic mass is 32.1. The molecule has 0 radical (unpaired) electrons. The minimum absolute atomic E-state index is 0.0807. The molecule has 5 heteroatoms. The fourth-order valence-electron chi connectivity index (χ4n) is 7.40. The van der Waals surface area contributed by atoms with E-state index in [2.05, 4.69) is 58.3 Å². The quantitative estimate of drug-likeness (QED) is 0.0741. The average Bonchev–Trinajstić information content (AvgIpc) is 3.36. The second-order valence-electron chi connectivity index (χ2n) is 12.0. The van der Waals surface area contributed by atoms with Crippen molar-refractivity contribution < 1.29 is 5.21 Å². The third-order valence-corrected chi connectivity index (χ3v) is 10.7. The summed E-state index contributed by atoms with van der Waals surface area (Å²) in [5.41, 5.74) is 5.65. The third-order valence-electron chi connectivity index (χ3n) is 9.48. The lowest BCUT2D eigenvalue weighted by molar-refractivity contribution is 0.319. The molecule has 0 amide bonds. The van der Waals surface area contributed by atoms with Gasteiger partial charge in [0.15, 0.2) is 5.43 Å². The van der Waals surface area contributed by atoms with E-state index in [-0.39, 0.29) is 5.43 Å². The number of aryl methyl sites for hydroxylation is 1. The normalized spacial score (nSPS) is 15.0. The Hall–Kier alpha value is -4.48. The molecule has 2 heterocycles. The zero-order chi connectivity index (χ0) is 29.1. The average molecular weight is 581 g/mol. The largest absolute Gasteiger partial charge is 0.410 e. The zero-order valence-electron chi connectivity index (χ0n) is 24.1. The van der Waals surface area contributed by atoms with Crippen molar-refractivity contribution in [2.45, 2.75) is 45.6 Å². The number of rotatable bonds is 4. The van der Waals surface area contributed by atoms with E-state index < -0.39 is 0 Å². The van der Waals surface area contributed by atoms with E-state index in [1.165, 1.54) is 37.5 Å². The number of hydrogen-bond donors (Lipinski definition) is 1. The predicted octanol–water partition coefficient (Wildman–Crippen LogP) is 9.79. The van der Waals surface area contributed by atoms with Crippen LogP contribution in [-0.4, -0.2) is 15.5 Å². The van der Waals surface area contributed by atoms with Crippen LogP contribution in [0, 0.1) is 12.8 Å². The summed E-state index contributed by atoms with van der Waals surface area (Å²) in [5, 5.41) is 20.0. The van der Waals surface area contributed by atoms with Crippen LogP contribution in [0.15, 0.2) is 101 Å². The summed E-state index contributed by atoms with van der Waals surface area (Å²) in [7, 11) is 0. The first-order valence-electron chi connectivity index (χ1n) is 15.2. The maximum atomic E-state index is 14.5. The Morgan fingerprint density at radius 1 is 0.837 bits per heavy atom. The summed E-state index contributed by atoms with van der Waals surface area (Å²) >= 11 is 1.70. The molecular weight excluding hydrogens is 548 g/mol. The number of nitrogens with zero attached hydrogens (tertiary/aromatic N) is 2. The SMILES string of the molecule is Cc1ccccc1/C(=N/O)c1ccc2c(c1)c1c3c(=O)c4ccccc4sc3c3ccccc3c1n2CC1CCCCC1. The maximum Gasteiger partial charge on any atom is 0.196 e. The van der Waals surface area contributed by atoms with Gasteiger partial charge in [0.25, 0.3) is 0 Å². The molecule has 0 spiro atoms. The van der Waals surface area contributed by atoms with Gasteiger partial charge >= 0.3 is 0 Å². The third kappa shape index (κ3) is 4.09. The Balaban J connectivity index is 1.54. The second kappa shape index (κ2) is 10.4. The molecule has 1 saturated carbocycles. The summed E-state index contributed by atoms with van der Waals surface area (Å²) < 4.78 is 4.53. The lowest BCUT2D eigenvalue weighted by atomic mass is 9.89. The molecule has 0 aliphatic heterocycles. The molecule has 0 bridgehead atoms. The van der Waals surface area contributed by atoms with Crippen molar-refractivity contribution in [3.05, 3.63) is 118 Å². The fraction of sp³-hybridized carbons (Fsp3) is 0.211. The maximum absolute atomic E-state index is 14.5. The Labute approximate surface area is 253 Å². The number of hydrogen-bond acceptors (Lipinski definition) is 4. The molecule has 2 aromatic heterocycles.